The number of halogens is 1. The van der Waals surface area contributed by atoms with Crippen molar-refractivity contribution in [1.82, 2.24) is 10.2 Å². The van der Waals surface area contributed by atoms with E-state index >= 15 is 0 Å². The molecule has 7 heteroatoms. The van der Waals surface area contributed by atoms with Crippen molar-refractivity contribution in [2.45, 2.75) is 25.3 Å². The van der Waals surface area contributed by atoms with Gasteiger partial charge in [-0.05, 0) is 49.7 Å². The Morgan fingerprint density at radius 3 is 2.43 bits per heavy atom. The lowest BCUT2D eigenvalue weighted by atomic mass is 10.0. The summed E-state index contributed by atoms with van der Waals surface area (Å²) in [5.74, 6) is 0.131. The number of amides is 2. The molecule has 0 radical (unpaired) electrons. The van der Waals surface area contributed by atoms with E-state index in [1.54, 1.807) is 6.07 Å². The van der Waals surface area contributed by atoms with Crippen molar-refractivity contribution in [1.29, 1.82) is 0 Å². The summed E-state index contributed by atoms with van der Waals surface area (Å²) in [5, 5.41) is 7.01. The number of carbonyl (C=O) groups excluding carboxylic acids is 2. The highest BCUT2D eigenvalue weighted by molar-refractivity contribution is 6.04. The summed E-state index contributed by atoms with van der Waals surface area (Å²) in [7, 11) is 1.97. The molecule has 30 heavy (non-hydrogen) atoms. The summed E-state index contributed by atoms with van der Waals surface area (Å²) < 4.78 is 5.59. The van der Waals surface area contributed by atoms with Gasteiger partial charge in [0, 0.05) is 30.2 Å². The zero-order valence-corrected chi connectivity index (χ0v) is 17.7. The van der Waals surface area contributed by atoms with Gasteiger partial charge in [-0.25, -0.2) is 0 Å². The van der Waals surface area contributed by atoms with Crippen LogP contribution in [0.1, 0.15) is 29.0 Å². The number of nitrogens with one attached hydrogen (secondary N) is 2. The lowest BCUT2D eigenvalue weighted by Gasteiger charge is -2.31. The molecular weight excluding hydrogens is 402 g/mol. The summed E-state index contributed by atoms with van der Waals surface area (Å²) in [5.41, 5.74) is 2.29. The van der Waals surface area contributed by atoms with Gasteiger partial charge in [0.15, 0.2) is 5.76 Å². The van der Waals surface area contributed by atoms with E-state index in [0.717, 1.165) is 36.9 Å². The Kier molecular flexibility index (Phi) is 7.13. The van der Waals surface area contributed by atoms with Crippen LogP contribution >= 0.6 is 12.4 Å². The van der Waals surface area contributed by atoms with Crippen molar-refractivity contribution in [2.24, 2.45) is 0 Å². The van der Waals surface area contributed by atoms with Gasteiger partial charge in [-0.1, -0.05) is 30.3 Å². The van der Waals surface area contributed by atoms with Gasteiger partial charge in [-0.3, -0.25) is 9.59 Å². The molecule has 1 fully saturated rings. The molecule has 0 unspecified atom stereocenters. The van der Waals surface area contributed by atoms with Gasteiger partial charge in [0.2, 0.25) is 5.91 Å². The zero-order valence-electron chi connectivity index (χ0n) is 16.9. The number of para-hydroxylation sites is 1. The van der Waals surface area contributed by atoms with E-state index in [1.807, 2.05) is 60.5 Å². The molecule has 0 saturated carbocycles. The molecule has 0 atom stereocenters. The van der Waals surface area contributed by atoms with Crippen LogP contribution in [0, 0.1) is 0 Å². The average Bonchev–Trinajstić information content (AvgIpc) is 3.20. The van der Waals surface area contributed by atoms with Crippen LogP contribution in [0.5, 0.6) is 0 Å². The van der Waals surface area contributed by atoms with E-state index in [0.29, 0.717) is 23.7 Å². The van der Waals surface area contributed by atoms with Crippen molar-refractivity contribution >= 4 is 40.9 Å². The van der Waals surface area contributed by atoms with Crippen molar-refractivity contribution in [3.8, 4) is 0 Å². The van der Waals surface area contributed by atoms with Crippen LogP contribution in [-0.2, 0) is 11.2 Å². The molecule has 1 saturated heterocycles. The van der Waals surface area contributed by atoms with E-state index in [-0.39, 0.29) is 30.0 Å². The lowest BCUT2D eigenvalue weighted by molar-refractivity contribution is -0.131. The quantitative estimate of drug-likeness (QED) is 0.648. The van der Waals surface area contributed by atoms with Crippen molar-refractivity contribution in [3.63, 3.8) is 0 Å². The fourth-order valence-electron chi connectivity index (χ4n) is 3.70. The summed E-state index contributed by atoms with van der Waals surface area (Å²) in [6, 6.07) is 17.1. The third-order valence-corrected chi connectivity index (χ3v) is 5.47. The number of anilines is 1. The normalized spacial score (nSPS) is 14.4. The first-order valence-corrected chi connectivity index (χ1v) is 9.96. The average molecular weight is 428 g/mol. The monoisotopic (exact) mass is 427 g/mol. The second-order valence-corrected chi connectivity index (χ2v) is 7.42. The standard InChI is InChI=1S/C23H25N3O3.ClH/c1-24-18-10-12-26(13-11-18)22(27)14-16-6-8-19(9-7-16)25-23(28)21-15-17-4-2-3-5-20(17)29-21;/h2-9,15,18,24H,10-14H2,1H3,(H,25,28);1H. The highest BCUT2D eigenvalue weighted by atomic mass is 35.5. The largest absolute Gasteiger partial charge is 0.451 e. The number of piperidine rings is 1. The second-order valence-electron chi connectivity index (χ2n) is 7.42. The Labute approximate surface area is 182 Å². The molecule has 2 aromatic carbocycles. The third-order valence-electron chi connectivity index (χ3n) is 5.47. The molecule has 1 aliphatic heterocycles. The van der Waals surface area contributed by atoms with Crippen LogP contribution in [-0.4, -0.2) is 42.9 Å². The molecule has 4 rings (SSSR count). The highest BCUT2D eigenvalue weighted by Crippen LogP contribution is 2.20. The van der Waals surface area contributed by atoms with Crippen molar-refractivity contribution in [2.75, 3.05) is 25.5 Å². The number of hydrogen-bond donors (Lipinski definition) is 2. The number of hydrogen-bond acceptors (Lipinski definition) is 4. The first-order chi connectivity index (χ1) is 14.1. The summed E-state index contributed by atoms with van der Waals surface area (Å²) >= 11 is 0. The highest BCUT2D eigenvalue weighted by Gasteiger charge is 2.21. The summed E-state index contributed by atoms with van der Waals surface area (Å²) in [6.45, 7) is 1.60. The maximum atomic E-state index is 12.5. The number of furan rings is 1. The summed E-state index contributed by atoms with van der Waals surface area (Å²) in [6.07, 6.45) is 2.37. The topological polar surface area (TPSA) is 74.6 Å². The smallest absolute Gasteiger partial charge is 0.291 e. The van der Waals surface area contributed by atoms with Gasteiger partial charge < -0.3 is 20.0 Å². The van der Waals surface area contributed by atoms with Gasteiger partial charge >= 0.3 is 0 Å². The molecule has 1 aromatic heterocycles. The molecule has 0 aliphatic carbocycles. The molecule has 3 aromatic rings. The van der Waals surface area contributed by atoms with Gasteiger partial charge in [-0.15, -0.1) is 12.4 Å². The minimum absolute atomic E-state index is 0. The van der Waals surface area contributed by atoms with E-state index in [4.69, 9.17) is 4.42 Å². The predicted octanol–water partition coefficient (Wildman–Crippen LogP) is 3.86. The Balaban J connectivity index is 0.00000256. The maximum absolute atomic E-state index is 12.5. The minimum atomic E-state index is -0.294. The third kappa shape index (κ3) is 5.01. The Hall–Kier alpha value is -2.83. The zero-order chi connectivity index (χ0) is 20.2. The fourth-order valence-corrected chi connectivity index (χ4v) is 3.70. The van der Waals surface area contributed by atoms with Crippen LogP contribution in [0.15, 0.2) is 59.0 Å². The van der Waals surface area contributed by atoms with Gasteiger partial charge in [0.25, 0.3) is 5.91 Å². The van der Waals surface area contributed by atoms with E-state index in [2.05, 4.69) is 10.6 Å². The predicted molar refractivity (Wildman–Crippen MR) is 120 cm³/mol. The molecule has 6 nitrogen and oxygen atoms in total. The maximum Gasteiger partial charge on any atom is 0.291 e. The summed E-state index contributed by atoms with van der Waals surface area (Å²) in [4.78, 5) is 26.9. The molecule has 1 aliphatic rings. The number of likely N-dealkylation sites (tertiary alicyclic amines) is 1. The van der Waals surface area contributed by atoms with Gasteiger partial charge in [0.1, 0.15) is 5.58 Å². The Morgan fingerprint density at radius 2 is 1.77 bits per heavy atom. The minimum Gasteiger partial charge on any atom is -0.451 e. The Morgan fingerprint density at radius 1 is 1.07 bits per heavy atom. The Bertz CT molecular complexity index is 975. The van der Waals surface area contributed by atoms with Crippen LogP contribution < -0.4 is 10.6 Å². The lowest BCUT2D eigenvalue weighted by Crippen LogP contribution is -2.44. The SMILES string of the molecule is CNC1CCN(C(=O)Cc2ccc(NC(=O)c3cc4ccccc4o3)cc2)CC1.Cl. The molecule has 158 valence electrons. The number of nitrogens with zero attached hydrogens (tertiary/aromatic N) is 1. The molecule has 2 N–H and O–H groups in total. The van der Waals surface area contributed by atoms with E-state index in [9.17, 15) is 9.59 Å². The van der Waals surface area contributed by atoms with Crippen LogP contribution in [0.3, 0.4) is 0 Å². The van der Waals surface area contributed by atoms with Crippen LogP contribution in [0.4, 0.5) is 5.69 Å². The number of fused-ring (bicyclic) bond motifs is 1. The number of rotatable bonds is 5. The van der Waals surface area contributed by atoms with Crippen LogP contribution in [0.25, 0.3) is 11.0 Å². The van der Waals surface area contributed by atoms with Crippen molar-refractivity contribution in [3.05, 3.63) is 65.9 Å². The second kappa shape index (κ2) is 9.78. The first-order valence-electron chi connectivity index (χ1n) is 9.96. The molecule has 0 bridgehead atoms. The van der Waals surface area contributed by atoms with Gasteiger partial charge in [-0.2, -0.15) is 0 Å². The molecule has 0 spiro atoms. The first kappa shape index (κ1) is 21.9. The number of carbonyl (C=O) groups is 2. The van der Waals surface area contributed by atoms with E-state index in [1.165, 1.54) is 0 Å². The molecule has 2 heterocycles. The van der Waals surface area contributed by atoms with Gasteiger partial charge in [0.05, 0.1) is 6.42 Å². The molecule has 2 amide bonds. The molecular formula is C23H26ClN3O3. The fraction of sp³-hybridized carbons (Fsp3) is 0.304. The van der Waals surface area contributed by atoms with E-state index < -0.39 is 0 Å². The van der Waals surface area contributed by atoms with Crippen LogP contribution in [0.2, 0.25) is 0 Å². The van der Waals surface area contributed by atoms with Crippen molar-refractivity contribution < 1.29 is 14.0 Å². The number of benzene rings is 2.